The van der Waals surface area contributed by atoms with Gasteiger partial charge in [0.05, 0.1) is 7.11 Å². The van der Waals surface area contributed by atoms with Crippen LogP contribution in [0.4, 0.5) is 0 Å². The fourth-order valence-electron chi connectivity index (χ4n) is 7.40. The fourth-order valence-corrected chi connectivity index (χ4v) is 7.40. The minimum Gasteiger partial charge on any atom is -0.497 e. The van der Waals surface area contributed by atoms with Gasteiger partial charge in [0.25, 0.3) is 0 Å². The van der Waals surface area contributed by atoms with E-state index in [1.165, 1.54) is 87.2 Å². The van der Waals surface area contributed by atoms with Crippen molar-refractivity contribution in [1.82, 2.24) is 0 Å². The maximum absolute atomic E-state index is 5.84. The van der Waals surface area contributed by atoms with E-state index in [1.54, 1.807) is 7.11 Å². The molecule has 0 radical (unpaired) electrons. The van der Waals surface area contributed by atoms with Gasteiger partial charge in [-0.1, -0.05) is 133 Å². The number of ether oxygens (including phenoxy) is 1. The van der Waals surface area contributed by atoms with Crippen LogP contribution in [0, 0.1) is 0 Å². The number of fused-ring (bicyclic) bond motifs is 2. The number of hydrogen-bond acceptors (Lipinski definition) is 1. The average molecular weight is 561 g/mol. The Kier molecular flexibility index (Phi) is 5.48. The second kappa shape index (κ2) is 9.69. The van der Waals surface area contributed by atoms with E-state index in [0.29, 0.717) is 0 Å². The van der Waals surface area contributed by atoms with E-state index in [9.17, 15) is 0 Å². The molecule has 206 valence electrons. The average Bonchev–Trinajstić information content (AvgIpc) is 3.09. The lowest BCUT2D eigenvalue weighted by atomic mass is 9.81. The first-order valence-electron chi connectivity index (χ1n) is 15.1. The Bertz CT molecular complexity index is 2520. The van der Waals surface area contributed by atoms with Crippen LogP contribution >= 0.6 is 0 Å². The molecule has 0 fully saturated rings. The van der Waals surface area contributed by atoms with Crippen molar-refractivity contribution < 1.29 is 4.74 Å². The molecule has 0 saturated carbocycles. The van der Waals surface area contributed by atoms with Crippen LogP contribution in [0.3, 0.4) is 0 Å². The lowest BCUT2D eigenvalue weighted by Crippen LogP contribution is -1.95. The molecule has 9 aromatic rings. The monoisotopic (exact) mass is 560 g/mol. The summed E-state index contributed by atoms with van der Waals surface area (Å²) in [5, 5.41) is 12.7. The summed E-state index contributed by atoms with van der Waals surface area (Å²) in [7, 11) is 1.75. The molecule has 0 saturated heterocycles. The van der Waals surface area contributed by atoms with Crippen molar-refractivity contribution in [3.8, 4) is 39.1 Å². The van der Waals surface area contributed by atoms with Crippen molar-refractivity contribution in [1.29, 1.82) is 0 Å². The first-order valence-corrected chi connectivity index (χ1v) is 15.1. The van der Waals surface area contributed by atoms with Gasteiger partial charge < -0.3 is 4.74 Å². The molecule has 44 heavy (non-hydrogen) atoms. The summed E-state index contributed by atoms with van der Waals surface area (Å²) in [6.45, 7) is 0. The van der Waals surface area contributed by atoms with Gasteiger partial charge in [-0.05, 0) is 105 Å². The summed E-state index contributed by atoms with van der Waals surface area (Å²) in [6, 6.07) is 55.3. The van der Waals surface area contributed by atoms with Crippen molar-refractivity contribution in [2.45, 2.75) is 0 Å². The fraction of sp³-hybridized carbons (Fsp3) is 0.0233. The molecular weight excluding hydrogens is 532 g/mol. The standard InChI is InChI=1S/C43H28O/c1-44-31-23-24-37-39(26-31)42(33-17-6-5-16-32(33)27-11-3-2-4-12-27)34-18-7-8-19-35(34)43(37)38-25-30-15-9-13-28-21-22-29-14-10-20-36(38)41(29)40(28)30/h2-26H,1H3. The Balaban J connectivity index is 1.48. The summed E-state index contributed by atoms with van der Waals surface area (Å²) < 4.78 is 5.84. The van der Waals surface area contributed by atoms with E-state index < -0.39 is 0 Å². The molecule has 0 spiro atoms. The molecule has 0 bridgehead atoms. The zero-order chi connectivity index (χ0) is 29.2. The van der Waals surface area contributed by atoms with Crippen molar-refractivity contribution in [3.63, 3.8) is 0 Å². The SMILES string of the molecule is COc1ccc2c(-c3cc4cccc5ccc6cccc3c6c54)c3ccccc3c(-c3ccccc3-c3ccccc3)c2c1. The van der Waals surface area contributed by atoms with Crippen LogP contribution in [-0.4, -0.2) is 7.11 Å². The Morgan fingerprint density at radius 1 is 0.364 bits per heavy atom. The Labute approximate surface area is 255 Å². The van der Waals surface area contributed by atoms with E-state index in [4.69, 9.17) is 4.74 Å². The van der Waals surface area contributed by atoms with Crippen LogP contribution in [0.2, 0.25) is 0 Å². The van der Waals surface area contributed by atoms with Crippen LogP contribution in [0.1, 0.15) is 0 Å². The second-order valence-corrected chi connectivity index (χ2v) is 11.6. The minimum atomic E-state index is 0.854. The first kappa shape index (κ1) is 24.9. The molecule has 0 aromatic heterocycles. The van der Waals surface area contributed by atoms with Gasteiger partial charge in [-0.2, -0.15) is 0 Å². The third-order valence-corrected chi connectivity index (χ3v) is 9.29. The molecule has 0 unspecified atom stereocenters. The van der Waals surface area contributed by atoms with Gasteiger partial charge in [-0.3, -0.25) is 0 Å². The van der Waals surface area contributed by atoms with E-state index in [1.807, 2.05) is 0 Å². The van der Waals surface area contributed by atoms with Crippen LogP contribution in [0.15, 0.2) is 152 Å². The number of rotatable bonds is 4. The van der Waals surface area contributed by atoms with E-state index >= 15 is 0 Å². The highest BCUT2D eigenvalue weighted by atomic mass is 16.5. The van der Waals surface area contributed by atoms with E-state index in [2.05, 4.69) is 152 Å². The molecule has 0 amide bonds. The molecule has 9 rings (SSSR count). The molecule has 0 aliphatic carbocycles. The highest BCUT2D eigenvalue weighted by molar-refractivity contribution is 6.30. The molecular formula is C43H28O. The molecule has 0 heterocycles. The quantitative estimate of drug-likeness (QED) is 0.154. The number of benzene rings is 9. The predicted molar refractivity (Wildman–Crippen MR) is 188 cm³/mol. The molecule has 0 N–H and O–H groups in total. The van der Waals surface area contributed by atoms with Crippen molar-refractivity contribution in [2.75, 3.05) is 7.11 Å². The molecule has 9 aromatic carbocycles. The third-order valence-electron chi connectivity index (χ3n) is 9.29. The van der Waals surface area contributed by atoms with Gasteiger partial charge in [0, 0.05) is 0 Å². The van der Waals surface area contributed by atoms with Crippen LogP contribution < -0.4 is 4.74 Å². The van der Waals surface area contributed by atoms with Gasteiger partial charge in [0.15, 0.2) is 0 Å². The zero-order valence-corrected chi connectivity index (χ0v) is 24.3. The van der Waals surface area contributed by atoms with Crippen molar-refractivity contribution in [3.05, 3.63) is 152 Å². The third kappa shape index (κ3) is 3.60. The van der Waals surface area contributed by atoms with Gasteiger partial charge in [0.2, 0.25) is 0 Å². The largest absolute Gasteiger partial charge is 0.497 e. The summed E-state index contributed by atoms with van der Waals surface area (Å²) in [4.78, 5) is 0. The van der Waals surface area contributed by atoms with Gasteiger partial charge >= 0.3 is 0 Å². The first-order chi connectivity index (χ1) is 21.8. The number of hydrogen-bond donors (Lipinski definition) is 0. The summed E-state index contributed by atoms with van der Waals surface area (Å²) in [5.41, 5.74) is 7.40. The smallest absolute Gasteiger partial charge is 0.119 e. The van der Waals surface area contributed by atoms with Crippen LogP contribution in [-0.2, 0) is 0 Å². The molecule has 0 aliphatic rings. The van der Waals surface area contributed by atoms with Crippen LogP contribution in [0.25, 0.3) is 87.2 Å². The molecule has 1 heteroatoms. The Morgan fingerprint density at radius 3 is 1.73 bits per heavy atom. The highest BCUT2D eigenvalue weighted by Gasteiger charge is 2.22. The molecule has 1 nitrogen and oxygen atoms in total. The Hall–Kier alpha value is -5.66. The summed E-state index contributed by atoms with van der Waals surface area (Å²) >= 11 is 0. The second-order valence-electron chi connectivity index (χ2n) is 11.6. The predicted octanol–water partition coefficient (Wildman–Crippen LogP) is 11.9. The lowest BCUT2D eigenvalue weighted by Gasteiger charge is -2.22. The maximum Gasteiger partial charge on any atom is 0.119 e. The Morgan fingerprint density at radius 2 is 0.955 bits per heavy atom. The molecule has 0 atom stereocenters. The summed E-state index contributed by atoms with van der Waals surface area (Å²) in [6.07, 6.45) is 0. The maximum atomic E-state index is 5.84. The summed E-state index contributed by atoms with van der Waals surface area (Å²) in [5.74, 6) is 0.854. The van der Waals surface area contributed by atoms with Gasteiger partial charge in [-0.15, -0.1) is 0 Å². The zero-order valence-electron chi connectivity index (χ0n) is 24.3. The lowest BCUT2D eigenvalue weighted by molar-refractivity contribution is 0.415. The van der Waals surface area contributed by atoms with Gasteiger partial charge in [-0.25, -0.2) is 0 Å². The highest BCUT2D eigenvalue weighted by Crippen LogP contribution is 2.49. The van der Waals surface area contributed by atoms with E-state index in [0.717, 1.165) is 5.75 Å². The normalized spacial score (nSPS) is 11.8. The van der Waals surface area contributed by atoms with Gasteiger partial charge in [0.1, 0.15) is 5.75 Å². The minimum absolute atomic E-state index is 0.854. The van der Waals surface area contributed by atoms with Crippen molar-refractivity contribution >= 4 is 53.9 Å². The number of methoxy groups -OCH3 is 1. The van der Waals surface area contributed by atoms with Crippen molar-refractivity contribution in [2.24, 2.45) is 0 Å². The molecule has 0 aliphatic heterocycles. The topological polar surface area (TPSA) is 9.23 Å². The van der Waals surface area contributed by atoms with Crippen LogP contribution in [0.5, 0.6) is 5.75 Å². The van der Waals surface area contributed by atoms with E-state index in [-0.39, 0.29) is 0 Å².